The smallest absolute Gasteiger partial charge is 0.141 e. The van der Waals surface area contributed by atoms with E-state index < -0.39 is 0 Å². The maximum absolute atomic E-state index is 13.7. The highest BCUT2D eigenvalue weighted by atomic mass is 79.9. The van der Waals surface area contributed by atoms with Crippen molar-refractivity contribution in [3.63, 3.8) is 0 Å². The second-order valence-corrected chi connectivity index (χ2v) is 7.16. The number of rotatable bonds is 4. The fraction of sp³-hybridized carbons (Fsp3) is 0.294. The lowest BCUT2D eigenvalue weighted by Crippen LogP contribution is -2.14. The highest BCUT2D eigenvalue weighted by molar-refractivity contribution is 9.10. The van der Waals surface area contributed by atoms with Crippen molar-refractivity contribution >= 4 is 31.9 Å². The van der Waals surface area contributed by atoms with Crippen molar-refractivity contribution in [2.45, 2.75) is 23.1 Å². The van der Waals surface area contributed by atoms with Crippen molar-refractivity contribution in [1.82, 2.24) is 0 Å². The molecule has 1 aliphatic carbocycles. The second kappa shape index (κ2) is 5.73. The molecular weight excluding hydrogens is 399 g/mol. The van der Waals surface area contributed by atoms with Gasteiger partial charge in [0.05, 0.1) is 16.4 Å². The Bertz CT molecular complexity index is 653. The number of hydrogen-bond donors (Lipinski definition) is 0. The van der Waals surface area contributed by atoms with E-state index in [4.69, 9.17) is 4.74 Å². The van der Waals surface area contributed by atoms with Crippen LogP contribution in [0.3, 0.4) is 0 Å². The number of alkyl halides is 1. The minimum atomic E-state index is -0.306. The Morgan fingerprint density at radius 3 is 2.43 bits per heavy atom. The van der Waals surface area contributed by atoms with Crippen LogP contribution in [0.25, 0.3) is 0 Å². The van der Waals surface area contributed by atoms with E-state index in [9.17, 15) is 4.39 Å². The first kappa shape index (κ1) is 15.0. The number of halogens is 3. The standard InChI is InChI=1S/C17H15Br2FO/c1-21-15-10-14(20)13(18)9-12(15)16(19)17(7-8-17)11-5-3-2-4-6-11/h2-6,9-10,16H,7-8H2,1H3. The molecule has 0 aliphatic heterocycles. The third kappa shape index (κ3) is 2.64. The van der Waals surface area contributed by atoms with Crippen molar-refractivity contribution < 1.29 is 9.13 Å². The van der Waals surface area contributed by atoms with Crippen LogP contribution in [-0.4, -0.2) is 7.11 Å². The third-order valence-electron chi connectivity index (χ3n) is 4.17. The molecule has 110 valence electrons. The largest absolute Gasteiger partial charge is 0.496 e. The SMILES string of the molecule is COc1cc(F)c(Br)cc1C(Br)C1(c2ccccc2)CC1. The van der Waals surface area contributed by atoms with Crippen LogP contribution in [0, 0.1) is 5.82 Å². The fourth-order valence-corrected chi connectivity index (χ4v) is 4.25. The summed E-state index contributed by atoms with van der Waals surface area (Å²) < 4.78 is 19.5. The van der Waals surface area contributed by atoms with Gasteiger partial charge in [-0.05, 0) is 40.4 Å². The summed E-state index contributed by atoms with van der Waals surface area (Å²) in [4.78, 5) is 0.0965. The van der Waals surface area contributed by atoms with E-state index in [1.807, 2.05) is 12.1 Å². The van der Waals surface area contributed by atoms with Crippen LogP contribution >= 0.6 is 31.9 Å². The van der Waals surface area contributed by atoms with Gasteiger partial charge in [-0.15, -0.1) is 0 Å². The van der Waals surface area contributed by atoms with Gasteiger partial charge in [0.1, 0.15) is 11.6 Å². The van der Waals surface area contributed by atoms with Gasteiger partial charge in [0.2, 0.25) is 0 Å². The van der Waals surface area contributed by atoms with Gasteiger partial charge in [-0.1, -0.05) is 46.3 Å². The monoisotopic (exact) mass is 412 g/mol. The molecule has 0 radical (unpaired) electrons. The van der Waals surface area contributed by atoms with Crippen molar-refractivity contribution in [2.24, 2.45) is 0 Å². The molecule has 0 bridgehead atoms. The zero-order valence-electron chi connectivity index (χ0n) is 11.6. The molecule has 4 heteroatoms. The van der Waals surface area contributed by atoms with Crippen LogP contribution in [0.2, 0.25) is 0 Å². The Balaban J connectivity index is 2.03. The Hall–Kier alpha value is -0.870. The first-order valence-corrected chi connectivity index (χ1v) is 8.52. The van der Waals surface area contributed by atoms with Crippen LogP contribution in [0.5, 0.6) is 5.75 Å². The van der Waals surface area contributed by atoms with Crippen molar-refractivity contribution in [1.29, 1.82) is 0 Å². The van der Waals surface area contributed by atoms with E-state index in [2.05, 4.69) is 56.1 Å². The molecule has 21 heavy (non-hydrogen) atoms. The molecule has 1 nitrogen and oxygen atoms in total. The van der Waals surface area contributed by atoms with Crippen molar-refractivity contribution in [3.8, 4) is 5.75 Å². The predicted molar refractivity (Wildman–Crippen MR) is 89.7 cm³/mol. The van der Waals surface area contributed by atoms with Gasteiger partial charge >= 0.3 is 0 Å². The normalized spacial score (nSPS) is 17.3. The molecular formula is C17H15Br2FO. The number of benzene rings is 2. The van der Waals surface area contributed by atoms with E-state index in [0.29, 0.717) is 10.2 Å². The molecule has 1 atom stereocenters. The molecule has 0 N–H and O–H groups in total. The van der Waals surface area contributed by atoms with E-state index in [0.717, 1.165) is 18.4 Å². The van der Waals surface area contributed by atoms with Crippen LogP contribution in [0.15, 0.2) is 46.9 Å². The van der Waals surface area contributed by atoms with E-state index in [-0.39, 0.29) is 16.1 Å². The minimum absolute atomic E-state index is 0.0752. The van der Waals surface area contributed by atoms with Gasteiger partial charge in [0.15, 0.2) is 0 Å². The topological polar surface area (TPSA) is 9.23 Å². The van der Waals surface area contributed by atoms with E-state index in [1.165, 1.54) is 11.6 Å². The predicted octanol–water partition coefficient (Wildman–Crippen LogP) is 5.76. The molecule has 0 heterocycles. The molecule has 1 fully saturated rings. The maximum Gasteiger partial charge on any atom is 0.141 e. The van der Waals surface area contributed by atoms with Gasteiger partial charge in [-0.3, -0.25) is 0 Å². The number of hydrogen-bond acceptors (Lipinski definition) is 1. The van der Waals surface area contributed by atoms with Gasteiger partial charge in [-0.25, -0.2) is 4.39 Å². The summed E-state index contributed by atoms with van der Waals surface area (Å²) in [6.07, 6.45) is 2.23. The van der Waals surface area contributed by atoms with Crippen LogP contribution in [0.1, 0.15) is 28.8 Å². The summed E-state index contributed by atoms with van der Waals surface area (Å²) in [6, 6.07) is 13.7. The van der Waals surface area contributed by atoms with Crippen LogP contribution in [0.4, 0.5) is 4.39 Å². The van der Waals surface area contributed by atoms with E-state index >= 15 is 0 Å². The lowest BCUT2D eigenvalue weighted by molar-refractivity contribution is 0.403. The highest BCUT2D eigenvalue weighted by Crippen LogP contribution is 2.61. The summed E-state index contributed by atoms with van der Waals surface area (Å²) in [6.45, 7) is 0. The fourth-order valence-electron chi connectivity index (χ4n) is 2.81. The molecule has 3 rings (SSSR count). The maximum atomic E-state index is 13.7. The van der Waals surface area contributed by atoms with Gasteiger partial charge in [0, 0.05) is 17.0 Å². The first-order chi connectivity index (χ1) is 10.1. The summed E-state index contributed by atoms with van der Waals surface area (Å²) in [5.41, 5.74) is 2.37. The number of methoxy groups -OCH3 is 1. The Morgan fingerprint density at radius 1 is 1.19 bits per heavy atom. The van der Waals surface area contributed by atoms with Gasteiger partial charge in [-0.2, -0.15) is 0 Å². The molecule has 1 saturated carbocycles. The lowest BCUT2D eigenvalue weighted by atomic mass is 9.88. The average molecular weight is 414 g/mol. The molecule has 0 amide bonds. The Morgan fingerprint density at radius 2 is 1.86 bits per heavy atom. The molecule has 2 aromatic rings. The third-order valence-corrected chi connectivity index (χ3v) is 6.15. The zero-order valence-corrected chi connectivity index (χ0v) is 14.7. The Kier molecular flexibility index (Phi) is 4.10. The minimum Gasteiger partial charge on any atom is -0.496 e. The molecule has 1 unspecified atom stereocenters. The van der Waals surface area contributed by atoms with Gasteiger partial charge in [0.25, 0.3) is 0 Å². The first-order valence-electron chi connectivity index (χ1n) is 6.81. The summed E-state index contributed by atoms with van der Waals surface area (Å²) >= 11 is 7.10. The van der Waals surface area contributed by atoms with Crippen LogP contribution < -0.4 is 4.74 Å². The zero-order chi connectivity index (χ0) is 15.0. The molecule has 2 aromatic carbocycles. The van der Waals surface area contributed by atoms with E-state index in [1.54, 1.807) is 7.11 Å². The van der Waals surface area contributed by atoms with Crippen molar-refractivity contribution in [2.75, 3.05) is 7.11 Å². The lowest BCUT2D eigenvalue weighted by Gasteiger charge is -2.24. The Labute approximate surface area is 140 Å². The molecule has 0 aromatic heterocycles. The number of ether oxygens (including phenoxy) is 1. The van der Waals surface area contributed by atoms with Crippen molar-refractivity contribution in [3.05, 3.63) is 63.9 Å². The summed E-state index contributed by atoms with van der Waals surface area (Å²) in [7, 11) is 1.58. The average Bonchev–Trinajstić information content (AvgIpc) is 3.31. The quantitative estimate of drug-likeness (QED) is 0.578. The highest BCUT2D eigenvalue weighted by Gasteiger charge is 2.51. The second-order valence-electron chi connectivity index (χ2n) is 5.39. The van der Waals surface area contributed by atoms with Crippen LogP contribution in [-0.2, 0) is 5.41 Å². The van der Waals surface area contributed by atoms with Gasteiger partial charge < -0.3 is 4.74 Å². The molecule has 0 saturated heterocycles. The summed E-state index contributed by atoms with van der Waals surface area (Å²) in [5, 5.41) is 0. The molecule has 1 aliphatic rings. The molecule has 0 spiro atoms. The summed E-state index contributed by atoms with van der Waals surface area (Å²) in [5.74, 6) is 0.277.